The Morgan fingerprint density at radius 3 is 2.39 bits per heavy atom. The first-order valence-electron chi connectivity index (χ1n) is 5.49. The predicted molar refractivity (Wildman–Crippen MR) is 76.3 cm³/mol. The van der Waals surface area contributed by atoms with Gasteiger partial charge in [0.1, 0.15) is 0 Å². The number of carbonyl (C=O) groups is 1. The maximum Gasteiger partial charge on any atom is 0.251 e. The summed E-state index contributed by atoms with van der Waals surface area (Å²) in [5.74, 6) is -0.486. The molecule has 0 saturated carbocycles. The molecule has 0 atom stereocenters. The van der Waals surface area contributed by atoms with Crippen LogP contribution in [0.1, 0.15) is 21.5 Å². The van der Waals surface area contributed by atoms with E-state index in [2.05, 4.69) is 15.9 Å². The van der Waals surface area contributed by atoms with Crippen LogP contribution in [-0.4, -0.2) is 5.91 Å². The van der Waals surface area contributed by atoms with Crippen molar-refractivity contribution >= 4 is 27.5 Å². The van der Waals surface area contributed by atoms with E-state index in [9.17, 15) is 4.79 Å². The molecule has 0 spiro atoms. The molecule has 0 saturated heterocycles. The number of hydrogen-bond acceptors (Lipinski definition) is 2. The Kier molecular flexibility index (Phi) is 3.67. The van der Waals surface area contributed by atoms with E-state index in [0.29, 0.717) is 17.7 Å². The van der Waals surface area contributed by atoms with Crippen LogP contribution in [-0.2, 0) is 6.42 Å². The Bertz CT molecular complexity index is 579. The average Bonchev–Trinajstić information content (AvgIpc) is 2.32. The molecule has 4 N–H and O–H groups in total. The minimum absolute atomic E-state index is 0.417. The topological polar surface area (TPSA) is 69.1 Å². The fraction of sp³-hybridized carbons (Fsp3) is 0.0714. The van der Waals surface area contributed by atoms with Crippen LogP contribution in [0.4, 0.5) is 5.69 Å². The molecule has 92 valence electrons. The third-order valence-corrected chi connectivity index (χ3v) is 3.27. The van der Waals surface area contributed by atoms with Crippen molar-refractivity contribution < 1.29 is 4.79 Å². The van der Waals surface area contributed by atoms with Gasteiger partial charge in [0.05, 0.1) is 5.56 Å². The van der Waals surface area contributed by atoms with Gasteiger partial charge in [-0.05, 0) is 35.7 Å². The Morgan fingerprint density at radius 2 is 1.78 bits per heavy atom. The monoisotopic (exact) mass is 304 g/mol. The van der Waals surface area contributed by atoms with Crippen LogP contribution >= 0.6 is 15.9 Å². The third kappa shape index (κ3) is 2.71. The minimum Gasteiger partial charge on any atom is -0.398 e. The molecule has 0 aromatic heterocycles. The molecule has 0 aliphatic heterocycles. The van der Waals surface area contributed by atoms with Crippen LogP contribution in [0.5, 0.6) is 0 Å². The van der Waals surface area contributed by atoms with E-state index in [1.54, 1.807) is 6.07 Å². The molecule has 0 aliphatic carbocycles. The Labute approximate surface area is 114 Å². The summed E-state index contributed by atoms with van der Waals surface area (Å²) in [5, 5.41) is 0. The standard InChI is InChI=1S/C14H13BrN2O/c15-11-6-4-9(5-7-11)8-10-2-1-3-12(16)13(10)14(17)18/h1-7H,8,16H2,(H2,17,18). The normalized spacial score (nSPS) is 10.3. The molecular formula is C14H13BrN2O. The van der Waals surface area contributed by atoms with Gasteiger partial charge in [0, 0.05) is 10.2 Å². The van der Waals surface area contributed by atoms with Gasteiger partial charge in [-0.1, -0.05) is 40.2 Å². The van der Waals surface area contributed by atoms with Crippen LogP contribution in [0.2, 0.25) is 0 Å². The number of rotatable bonds is 3. The number of nitrogen functional groups attached to an aromatic ring is 1. The zero-order valence-electron chi connectivity index (χ0n) is 9.69. The minimum atomic E-state index is -0.486. The smallest absolute Gasteiger partial charge is 0.251 e. The van der Waals surface area contributed by atoms with Crippen molar-refractivity contribution in [1.82, 2.24) is 0 Å². The van der Waals surface area contributed by atoms with Crippen LogP contribution in [0.15, 0.2) is 46.9 Å². The molecule has 18 heavy (non-hydrogen) atoms. The summed E-state index contributed by atoms with van der Waals surface area (Å²) < 4.78 is 1.02. The molecule has 0 heterocycles. The number of halogens is 1. The van der Waals surface area contributed by atoms with E-state index in [1.165, 1.54) is 0 Å². The average molecular weight is 305 g/mol. The highest BCUT2D eigenvalue weighted by Gasteiger charge is 2.11. The van der Waals surface area contributed by atoms with Crippen LogP contribution in [0.3, 0.4) is 0 Å². The lowest BCUT2D eigenvalue weighted by molar-refractivity contribution is 0.100. The number of amides is 1. The lowest BCUT2D eigenvalue weighted by Gasteiger charge is -2.09. The molecule has 0 bridgehead atoms. The number of hydrogen-bond donors (Lipinski definition) is 2. The van der Waals surface area contributed by atoms with Crippen LogP contribution in [0.25, 0.3) is 0 Å². The highest BCUT2D eigenvalue weighted by molar-refractivity contribution is 9.10. The summed E-state index contributed by atoms with van der Waals surface area (Å²) in [6.45, 7) is 0. The number of primary amides is 1. The second-order valence-electron chi connectivity index (χ2n) is 4.05. The fourth-order valence-corrected chi connectivity index (χ4v) is 2.15. The predicted octanol–water partition coefficient (Wildman–Crippen LogP) is 2.72. The Morgan fingerprint density at radius 1 is 1.11 bits per heavy atom. The molecular weight excluding hydrogens is 292 g/mol. The van der Waals surface area contributed by atoms with Gasteiger partial charge in [0.2, 0.25) is 0 Å². The summed E-state index contributed by atoms with van der Waals surface area (Å²) in [6.07, 6.45) is 0.636. The summed E-state index contributed by atoms with van der Waals surface area (Å²) in [6, 6.07) is 13.3. The van der Waals surface area contributed by atoms with Gasteiger partial charge in [0.15, 0.2) is 0 Å². The van der Waals surface area contributed by atoms with E-state index in [0.717, 1.165) is 15.6 Å². The highest BCUT2D eigenvalue weighted by atomic mass is 79.9. The van der Waals surface area contributed by atoms with Gasteiger partial charge in [-0.3, -0.25) is 4.79 Å². The van der Waals surface area contributed by atoms with Gasteiger partial charge in [0.25, 0.3) is 5.91 Å². The van der Waals surface area contributed by atoms with Crippen molar-refractivity contribution in [2.45, 2.75) is 6.42 Å². The van der Waals surface area contributed by atoms with E-state index in [4.69, 9.17) is 11.5 Å². The molecule has 2 aromatic carbocycles. The molecule has 1 amide bonds. The number of anilines is 1. The maximum absolute atomic E-state index is 11.4. The molecule has 0 unspecified atom stereocenters. The second kappa shape index (κ2) is 5.23. The zero-order valence-corrected chi connectivity index (χ0v) is 11.3. The first kappa shape index (κ1) is 12.6. The number of benzene rings is 2. The summed E-state index contributed by atoms with van der Waals surface area (Å²) in [5.41, 5.74) is 14.0. The number of nitrogens with two attached hydrogens (primary N) is 2. The van der Waals surface area contributed by atoms with Gasteiger partial charge in [-0.25, -0.2) is 0 Å². The van der Waals surface area contributed by atoms with E-state index in [1.807, 2.05) is 36.4 Å². The summed E-state index contributed by atoms with van der Waals surface area (Å²) in [7, 11) is 0. The van der Waals surface area contributed by atoms with Gasteiger partial charge in [-0.2, -0.15) is 0 Å². The highest BCUT2D eigenvalue weighted by Crippen LogP contribution is 2.20. The first-order chi connectivity index (χ1) is 8.58. The van der Waals surface area contributed by atoms with Crippen molar-refractivity contribution in [2.75, 3.05) is 5.73 Å². The van der Waals surface area contributed by atoms with Gasteiger partial charge < -0.3 is 11.5 Å². The fourth-order valence-electron chi connectivity index (χ4n) is 1.89. The van der Waals surface area contributed by atoms with Crippen molar-refractivity contribution in [3.8, 4) is 0 Å². The maximum atomic E-state index is 11.4. The van der Waals surface area contributed by atoms with Crippen molar-refractivity contribution in [1.29, 1.82) is 0 Å². The molecule has 3 nitrogen and oxygen atoms in total. The van der Waals surface area contributed by atoms with E-state index < -0.39 is 5.91 Å². The Hall–Kier alpha value is -1.81. The second-order valence-corrected chi connectivity index (χ2v) is 4.96. The van der Waals surface area contributed by atoms with Crippen LogP contribution < -0.4 is 11.5 Å². The zero-order chi connectivity index (χ0) is 13.1. The lowest BCUT2D eigenvalue weighted by Crippen LogP contribution is -2.16. The lowest BCUT2D eigenvalue weighted by atomic mass is 9.98. The SMILES string of the molecule is NC(=O)c1c(N)cccc1Cc1ccc(Br)cc1. The summed E-state index contributed by atoms with van der Waals surface area (Å²) in [4.78, 5) is 11.4. The van der Waals surface area contributed by atoms with Crippen molar-refractivity contribution in [3.05, 3.63) is 63.6 Å². The van der Waals surface area contributed by atoms with Crippen LogP contribution in [0, 0.1) is 0 Å². The molecule has 2 rings (SSSR count). The molecule has 0 aliphatic rings. The van der Waals surface area contributed by atoms with Gasteiger partial charge in [-0.15, -0.1) is 0 Å². The van der Waals surface area contributed by atoms with E-state index in [-0.39, 0.29) is 0 Å². The quantitative estimate of drug-likeness (QED) is 0.856. The molecule has 0 radical (unpaired) electrons. The largest absolute Gasteiger partial charge is 0.398 e. The molecule has 0 fully saturated rings. The van der Waals surface area contributed by atoms with Crippen molar-refractivity contribution in [2.24, 2.45) is 5.73 Å². The van der Waals surface area contributed by atoms with E-state index >= 15 is 0 Å². The molecule has 2 aromatic rings. The van der Waals surface area contributed by atoms with Gasteiger partial charge >= 0.3 is 0 Å². The summed E-state index contributed by atoms with van der Waals surface area (Å²) >= 11 is 3.39. The first-order valence-corrected chi connectivity index (χ1v) is 6.29. The molecule has 4 heteroatoms. The Balaban J connectivity index is 2.37. The number of carbonyl (C=O) groups excluding carboxylic acids is 1. The third-order valence-electron chi connectivity index (χ3n) is 2.74. The van der Waals surface area contributed by atoms with Crippen molar-refractivity contribution in [3.63, 3.8) is 0 Å².